The Morgan fingerprint density at radius 2 is 1.81 bits per heavy atom. The topological polar surface area (TPSA) is 92.5 Å². The largest absolute Gasteiger partial charge is 0.460 e. The van der Waals surface area contributed by atoms with Crippen LogP contribution in [0.15, 0.2) is 51.1 Å². The van der Waals surface area contributed by atoms with E-state index < -0.39 is 10.0 Å². The number of thiazole rings is 1. The normalized spacial score (nSPS) is 20.0. The Bertz CT molecular complexity index is 1170. The Balaban J connectivity index is 1.45. The number of rotatable bonds is 5. The molecule has 3 aromatic rings. The van der Waals surface area contributed by atoms with Gasteiger partial charge in [-0.1, -0.05) is 13.8 Å². The van der Waals surface area contributed by atoms with Gasteiger partial charge in [0.1, 0.15) is 11.5 Å². The third-order valence-electron chi connectivity index (χ3n) is 5.31. The summed E-state index contributed by atoms with van der Waals surface area (Å²) in [6, 6.07) is 9.74. The molecule has 4 rings (SSSR count). The molecule has 164 valence electrons. The lowest BCUT2D eigenvalue weighted by molar-refractivity contribution is 0.102. The zero-order valence-electron chi connectivity index (χ0n) is 17.7. The van der Waals surface area contributed by atoms with Gasteiger partial charge < -0.3 is 4.42 Å². The molecule has 1 aliphatic rings. The van der Waals surface area contributed by atoms with Crippen LogP contribution < -0.4 is 5.32 Å². The zero-order valence-corrected chi connectivity index (χ0v) is 19.3. The summed E-state index contributed by atoms with van der Waals surface area (Å²) in [5, 5.41) is 5.01. The van der Waals surface area contributed by atoms with E-state index in [9.17, 15) is 13.2 Å². The van der Waals surface area contributed by atoms with Gasteiger partial charge in [0.15, 0.2) is 10.9 Å². The number of piperidine rings is 1. The Morgan fingerprint density at radius 3 is 2.42 bits per heavy atom. The third-order valence-corrected chi connectivity index (χ3v) is 7.91. The van der Waals surface area contributed by atoms with E-state index in [2.05, 4.69) is 24.1 Å². The highest BCUT2D eigenvalue weighted by Crippen LogP contribution is 2.28. The van der Waals surface area contributed by atoms with E-state index in [0.29, 0.717) is 47.1 Å². The predicted molar refractivity (Wildman–Crippen MR) is 121 cm³/mol. The molecule has 1 amide bonds. The van der Waals surface area contributed by atoms with Gasteiger partial charge in [0.25, 0.3) is 5.91 Å². The van der Waals surface area contributed by atoms with Gasteiger partial charge in [-0.15, -0.1) is 11.3 Å². The number of carbonyl (C=O) groups excluding carboxylic acids is 1. The van der Waals surface area contributed by atoms with Gasteiger partial charge in [0, 0.05) is 24.0 Å². The Morgan fingerprint density at radius 1 is 1.13 bits per heavy atom. The second-order valence-corrected chi connectivity index (χ2v) is 11.0. The SMILES string of the molecule is Cc1ccc(-c2csc(NC(=O)c3ccc(S(=O)(=O)N4CC(C)CC(C)C4)cc3)n2)o1. The first-order chi connectivity index (χ1) is 14.7. The van der Waals surface area contributed by atoms with E-state index in [1.807, 2.05) is 24.4 Å². The average Bonchev–Trinajstić information content (AvgIpc) is 3.36. The number of hydrogen-bond donors (Lipinski definition) is 1. The molecule has 0 bridgehead atoms. The molecule has 2 atom stereocenters. The number of anilines is 1. The smallest absolute Gasteiger partial charge is 0.257 e. The molecule has 1 aromatic carbocycles. The van der Waals surface area contributed by atoms with Crippen molar-refractivity contribution in [2.24, 2.45) is 11.8 Å². The summed E-state index contributed by atoms with van der Waals surface area (Å²) in [4.78, 5) is 17.2. The van der Waals surface area contributed by atoms with Gasteiger partial charge in [-0.25, -0.2) is 13.4 Å². The van der Waals surface area contributed by atoms with E-state index in [1.54, 1.807) is 4.31 Å². The number of nitrogens with one attached hydrogen (secondary N) is 1. The number of carbonyl (C=O) groups is 1. The minimum Gasteiger partial charge on any atom is -0.460 e. The molecule has 0 aliphatic carbocycles. The minimum atomic E-state index is -3.57. The molecular formula is C22H25N3O4S2. The number of hydrogen-bond acceptors (Lipinski definition) is 6. The van der Waals surface area contributed by atoms with Gasteiger partial charge >= 0.3 is 0 Å². The van der Waals surface area contributed by atoms with Gasteiger partial charge in [0.2, 0.25) is 10.0 Å². The van der Waals surface area contributed by atoms with Crippen LogP contribution in [-0.4, -0.2) is 36.7 Å². The molecule has 7 nitrogen and oxygen atoms in total. The molecule has 9 heteroatoms. The standard InChI is InChI=1S/C22H25N3O4S2/c1-14-10-15(2)12-25(11-14)31(27,28)18-7-5-17(6-8-18)21(26)24-22-23-19(13-30-22)20-9-4-16(3)29-20/h4-9,13-15H,10-12H2,1-3H3,(H,23,24,26). The minimum absolute atomic E-state index is 0.204. The Hall–Kier alpha value is -2.49. The maximum Gasteiger partial charge on any atom is 0.257 e. The van der Waals surface area contributed by atoms with Crippen LogP contribution in [0.2, 0.25) is 0 Å². The molecule has 0 saturated carbocycles. The van der Waals surface area contributed by atoms with Crippen LogP contribution in [0.4, 0.5) is 5.13 Å². The van der Waals surface area contributed by atoms with Crippen molar-refractivity contribution in [1.29, 1.82) is 0 Å². The summed E-state index contributed by atoms with van der Waals surface area (Å²) in [5.74, 6) is 1.75. The van der Waals surface area contributed by atoms with Gasteiger partial charge in [-0.2, -0.15) is 4.31 Å². The van der Waals surface area contributed by atoms with Crippen LogP contribution in [-0.2, 0) is 10.0 Å². The van der Waals surface area contributed by atoms with Crippen molar-refractivity contribution >= 4 is 32.4 Å². The summed E-state index contributed by atoms with van der Waals surface area (Å²) < 4.78 is 33.1. The molecular weight excluding hydrogens is 434 g/mol. The number of amides is 1. The molecule has 2 unspecified atom stereocenters. The molecule has 2 aromatic heterocycles. The van der Waals surface area contributed by atoms with E-state index in [0.717, 1.165) is 12.2 Å². The van der Waals surface area contributed by atoms with Crippen LogP contribution >= 0.6 is 11.3 Å². The third kappa shape index (κ3) is 4.73. The maximum atomic E-state index is 13.0. The summed E-state index contributed by atoms with van der Waals surface area (Å²) >= 11 is 1.30. The van der Waals surface area contributed by atoms with Crippen LogP contribution in [0.3, 0.4) is 0 Å². The first-order valence-electron chi connectivity index (χ1n) is 10.2. The quantitative estimate of drug-likeness (QED) is 0.600. The number of benzene rings is 1. The average molecular weight is 460 g/mol. The van der Waals surface area contributed by atoms with E-state index >= 15 is 0 Å². The summed E-state index contributed by atoms with van der Waals surface area (Å²) in [6.07, 6.45) is 1.03. The summed E-state index contributed by atoms with van der Waals surface area (Å²) in [6.45, 7) is 7.05. The molecule has 0 spiro atoms. The second-order valence-electron chi connectivity index (χ2n) is 8.19. The highest BCUT2D eigenvalue weighted by atomic mass is 32.2. The number of aryl methyl sites for hydroxylation is 1. The van der Waals surface area contributed by atoms with Crippen molar-refractivity contribution in [1.82, 2.24) is 9.29 Å². The molecule has 1 saturated heterocycles. The van der Waals surface area contributed by atoms with Gasteiger partial charge in [-0.3, -0.25) is 10.1 Å². The molecule has 3 heterocycles. The lowest BCUT2D eigenvalue weighted by Crippen LogP contribution is -2.42. The maximum absolute atomic E-state index is 13.0. The number of aromatic nitrogens is 1. The van der Waals surface area contributed by atoms with Crippen molar-refractivity contribution in [3.63, 3.8) is 0 Å². The summed E-state index contributed by atoms with van der Waals surface area (Å²) in [5.41, 5.74) is 1.02. The van der Waals surface area contributed by atoms with Crippen molar-refractivity contribution < 1.29 is 17.6 Å². The number of nitrogens with zero attached hydrogens (tertiary/aromatic N) is 2. The van der Waals surface area contributed by atoms with E-state index in [4.69, 9.17) is 4.42 Å². The fourth-order valence-electron chi connectivity index (χ4n) is 3.92. The van der Waals surface area contributed by atoms with Crippen molar-refractivity contribution in [2.45, 2.75) is 32.1 Å². The van der Waals surface area contributed by atoms with Crippen molar-refractivity contribution in [2.75, 3.05) is 18.4 Å². The first-order valence-corrected chi connectivity index (χ1v) is 12.5. The van der Waals surface area contributed by atoms with Crippen LogP contribution in [0, 0.1) is 18.8 Å². The second kappa shape index (κ2) is 8.57. The van der Waals surface area contributed by atoms with Crippen LogP contribution in [0.25, 0.3) is 11.5 Å². The lowest BCUT2D eigenvalue weighted by atomic mass is 9.94. The monoisotopic (exact) mass is 459 g/mol. The first kappa shape index (κ1) is 21.7. The summed E-state index contributed by atoms with van der Waals surface area (Å²) in [7, 11) is -3.57. The highest BCUT2D eigenvalue weighted by Gasteiger charge is 2.31. The molecule has 1 fully saturated rings. The molecule has 31 heavy (non-hydrogen) atoms. The van der Waals surface area contributed by atoms with Crippen molar-refractivity contribution in [3.05, 3.63) is 53.1 Å². The molecule has 0 radical (unpaired) electrons. The highest BCUT2D eigenvalue weighted by molar-refractivity contribution is 7.89. The lowest BCUT2D eigenvalue weighted by Gasteiger charge is -2.34. The van der Waals surface area contributed by atoms with E-state index in [1.165, 1.54) is 35.6 Å². The fraction of sp³-hybridized carbons (Fsp3) is 0.364. The molecule has 1 aliphatic heterocycles. The fourth-order valence-corrected chi connectivity index (χ4v) is 6.29. The van der Waals surface area contributed by atoms with Crippen LogP contribution in [0.5, 0.6) is 0 Å². The zero-order chi connectivity index (χ0) is 22.2. The van der Waals surface area contributed by atoms with Gasteiger partial charge in [-0.05, 0) is 61.6 Å². The number of furan rings is 1. The van der Waals surface area contributed by atoms with Crippen molar-refractivity contribution in [3.8, 4) is 11.5 Å². The molecule has 1 N–H and O–H groups in total. The Kier molecular flexibility index (Phi) is 6.00. The Labute approximate surface area is 186 Å². The number of sulfonamides is 1. The van der Waals surface area contributed by atoms with Gasteiger partial charge in [0.05, 0.1) is 4.90 Å². The van der Waals surface area contributed by atoms with E-state index in [-0.39, 0.29) is 10.8 Å². The van der Waals surface area contributed by atoms with Crippen LogP contribution in [0.1, 0.15) is 36.4 Å². The predicted octanol–water partition coefficient (Wildman–Crippen LogP) is 4.63.